The smallest absolute Gasteiger partial charge is 0.354 e. The number of esters is 1. The summed E-state index contributed by atoms with van der Waals surface area (Å²) >= 11 is 0. The molecule has 0 amide bonds. The third-order valence-electron chi connectivity index (χ3n) is 2.57. The molecule has 2 aromatic rings. The number of H-pyrrole nitrogens is 1. The van der Waals surface area contributed by atoms with Crippen molar-refractivity contribution in [2.75, 3.05) is 6.61 Å². The molecular formula is C13H12N2O4. The Morgan fingerprint density at radius 3 is 2.74 bits per heavy atom. The molecule has 0 saturated heterocycles. The Bertz CT molecular complexity index is 619. The van der Waals surface area contributed by atoms with Crippen LogP contribution in [0.25, 0.3) is 11.3 Å². The van der Waals surface area contributed by atoms with Gasteiger partial charge in [-0.25, -0.2) is 4.79 Å². The van der Waals surface area contributed by atoms with E-state index in [0.29, 0.717) is 11.3 Å². The van der Waals surface area contributed by atoms with E-state index >= 15 is 0 Å². The highest BCUT2D eigenvalue weighted by Gasteiger charge is 2.17. The van der Waals surface area contributed by atoms with Gasteiger partial charge in [0.1, 0.15) is 5.69 Å². The van der Waals surface area contributed by atoms with Gasteiger partial charge in [-0.3, -0.25) is 10.1 Å². The predicted octanol–water partition coefficient (Wildman–Crippen LogP) is 2.77. The highest BCUT2D eigenvalue weighted by Crippen LogP contribution is 2.28. The molecule has 0 aliphatic rings. The van der Waals surface area contributed by atoms with Crippen LogP contribution in [-0.2, 0) is 4.74 Å². The van der Waals surface area contributed by atoms with E-state index in [1.807, 2.05) is 0 Å². The van der Waals surface area contributed by atoms with Gasteiger partial charge in [0.15, 0.2) is 0 Å². The summed E-state index contributed by atoms with van der Waals surface area (Å²) in [6.07, 6.45) is 0. The minimum absolute atomic E-state index is 0.0141. The molecule has 0 aliphatic carbocycles. The Balaban J connectivity index is 2.38. The van der Waals surface area contributed by atoms with E-state index in [-0.39, 0.29) is 18.0 Å². The third-order valence-corrected chi connectivity index (χ3v) is 2.57. The first-order valence-electron chi connectivity index (χ1n) is 5.73. The molecule has 1 N–H and O–H groups in total. The van der Waals surface area contributed by atoms with Crippen LogP contribution in [0.2, 0.25) is 0 Å². The minimum Gasteiger partial charge on any atom is -0.461 e. The summed E-state index contributed by atoms with van der Waals surface area (Å²) in [4.78, 5) is 24.8. The van der Waals surface area contributed by atoms with Gasteiger partial charge in [-0.1, -0.05) is 12.1 Å². The van der Waals surface area contributed by atoms with E-state index in [0.717, 1.165) is 0 Å². The number of nitrogens with zero attached hydrogens (tertiary/aromatic N) is 1. The third kappa shape index (κ3) is 2.62. The first-order chi connectivity index (χ1) is 9.13. The van der Waals surface area contributed by atoms with Gasteiger partial charge in [0, 0.05) is 6.07 Å². The summed E-state index contributed by atoms with van der Waals surface area (Å²) in [5, 5.41) is 10.9. The van der Waals surface area contributed by atoms with Crippen LogP contribution < -0.4 is 0 Å². The molecule has 19 heavy (non-hydrogen) atoms. The van der Waals surface area contributed by atoms with E-state index in [2.05, 4.69) is 4.98 Å². The van der Waals surface area contributed by atoms with Gasteiger partial charge in [-0.15, -0.1) is 0 Å². The molecule has 0 aliphatic heterocycles. The number of aromatic amines is 1. The number of benzene rings is 1. The summed E-state index contributed by atoms with van der Waals surface area (Å²) in [6.45, 7) is 1.99. The summed E-state index contributed by atoms with van der Waals surface area (Å²) < 4.78 is 4.85. The summed E-state index contributed by atoms with van der Waals surface area (Å²) in [5.74, 6) is -0.479. The molecule has 6 nitrogen and oxygen atoms in total. The number of nitro groups is 1. The van der Waals surface area contributed by atoms with Crippen LogP contribution in [0, 0.1) is 10.1 Å². The Morgan fingerprint density at radius 1 is 1.32 bits per heavy atom. The zero-order chi connectivity index (χ0) is 13.8. The second-order valence-electron chi connectivity index (χ2n) is 3.78. The number of rotatable bonds is 4. The van der Waals surface area contributed by atoms with Crippen molar-refractivity contribution in [3.8, 4) is 11.3 Å². The van der Waals surface area contributed by atoms with Crippen molar-refractivity contribution in [1.82, 2.24) is 4.98 Å². The van der Waals surface area contributed by atoms with E-state index in [1.54, 1.807) is 37.3 Å². The lowest BCUT2D eigenvalue weighted by Crippen LogP contribution is -2.04. The zero-order valence-corrected chi connectivity index (χ0v) is 10.3. The van der Waals surface area contributed by atoms with Crippen molar-refractivity contribution in [3.63, 3.8) is 0 Å². The van der Waals surface area contributed by atoms with Gasteiger partial charge in [-0.05, 0) is 25.1 Å². The fourth-order valence-corrected chi connectivity index (χ4v) is 1.74. The van der Waals surface area contributed by atoms with Crippen LogP contribution in [0.4, 0.5) is 5.69 Å². The van der Waals surface area contributed by atoms with Crippen molar-refractivity contribution in [2.24, 2.45) is 0 Å². The van der Waals surface area contributed by atoms with Crippen LogP contribution in [0.15, 0.2) is 36.4 Å². The van der Waals surface area contributed by atoms with Crippen molar-refractivity contribution in [2.45, 2.75) is 6.92 Å². The fraction of sp³-hybridized carbons (Fsp3) is 0.154. The molecule has 1 heterocycles. The van der Waals surface area contributed by atoms with Crippen molar-refractivity contribution < 1.29 is 14.5 Å². The average molecular weight is 260 g/mol. The van der Waals surface area contributed by atoms with Crippen molar-refractivity contribution >= 4 is 11.7 Å². The van der Waals surface area contributed by atoms with Crippen molar-refractivity contribution in [1.29, 1.82) is 0 Å². The molecule has 1 aromatic carbocycles. The van der Waals surface area contributed by atoms with Crippen LogP contribution >= 0.6 is 0 Å². The number of nitrogens with one attached hydrogen (secondary N) is 1. The molecule has 0 unspecified atom stereocenters. The van der Waals surface area contributed by atoms with Gasteiger partial charge in [0.2, 0.25) is 0 Å². The number of carbonyl (C=O) groups excluding carboxylic acids is 1. The minimum atomic E-state index is -0.479. The molecular weight excluding hydrogens is 248 g/mol. The van der Waals surface area contributed by atoms with Crippen molar-refractivity contribution in [3.05, 3.63) is 52.2 Å². The maximum atomic E-state index is 11.5. The number of carbonyl (C=O) groups is 1. The molecule has 0 bridgehead atoms. The second-order valence-corrected chi connectivity index (χ2v) is 3.78. The maximum absolute atomic E-state index is 11.5. The van der Waals surface area contributed by atoms with Gasteiger partial charge in [0.25, 0.3) is 5.69 Å². The highest BCUT2D eigenvalue weighted by atomic mass is 16.6. The lowest BCUT2D eigenvalue weighted by atomic mass is 10.1. The standard InChI is InChI=1S/C13H12N2O4/c1-2-19-13(16)11-8-7-10(14-11)9-5-3-4-6-12(9)15(17)18/h3-8,14H,2H2,1H3. The fourth-order valence-electron chi connectivity index (χ4n) is 1.74. The largest absolute Gasteiger partial charge is 0.461 e. The van der Waals surface area contributed by atoms with Gasteiger partial charge >= 0.3 is 5.97 Å². The first-order valence-corrected chi connectivity index (χ1v) is 5.73. The lowest BCUT2D eigenvalue weighted by molar-refractivity contribution is -0.384. The Labute approximate surface area is 109 Å². The Morgan fingerprint density at radius 2 is 2.05 bits per heavy atom. The topological polar surface area (TPSA) is 85.2 Å². The number of hydrogen-bond acceptors (Lipinski definition) is 4. The van der Waals surface area contributed by atoms with E-state index in [9.17, 15) is 14.9 Å². The molecule has 0 atom stereocenters. The lowest BCUT2D eigenvalue weighted by Gasteiger charge is -2.01. The molecule has 0 fully saturated rings. The molecule has 98 valence electrons. The molecule has 0 saturated carbocycles. The van der Waals surface area contributed by atoms with E-state index in [1.165, 1.54) is 6.07 Å². The average Bonchev–Trinajstić information content (AvgIpc) is 2.88. The number of nitro benzene ring substituents is 1. The zero-order valence-electron chi connectivity index (χ0n) is 10.3. The first kappa shape index (κ1) is 12.8. The normalized spacial score (nSPS) is 10.2. The molecule has 2 rings (SSSR count). The SMILES string of the molecule is CCOC(=O)c1ccc(-c2ccccc2[N+](=O)[O-])[nH]1. The van der Waals surface area contributed by atoms with Gasteiger partial charge < -0.3 is 9.72 Å². The van der Waals surface area contributed by atoms with Crippen LogP contribution in [0.1, 0.15) is 17.4 Å². The number of para-hydroxylation sites is 1. The molecule has 6 heteroatoms. The molecule has 0 radical (unpaired) electrons. The van der Waals surface area contributed by atoms with Gasteiger partial charge in [-0.2, -0.15) is 0 Å². The summed E-state index contributed by atoms with van der Waals surface area (Å²) in [6, 6.07) is 9.50. The Kier molecular flexibility index (Phi) is 3.61. The van der Waals surface area contributed by atoms with E-state index < -0.39 is 10.9 Å². The summed E-state index contributed by atoms with van der Waals surface area (Å²) in [5.41, 5.74) is 1.20. The van der Waals surface area contributed by atoms with E-state index in [4.69, 9.17) is 4.74 Å². The number of ether oxygens (including phenoxy) is 1. The van der Waals surface area contributed by atoms with Crippen LogP contribution in [0.3, 0.4) is 0 Å². The molecule has 0 spiro atoms. The maximum Gasteiger partial charge on any atom is 0.354 e. The molecule has 1 aromatic heterocycles. The van der Waals surface area contributed by atoms with Crippen LogP contribution in [0.5, 0.6) is 0 Å². The van der Waals surface area contributed by atoms with Gasteiger partial charge in [0.05, 0.1) is 22.8 Å². The second kappa shape index (κ2) is 5.34. The number of aromatic nitrogens is 1. The summed E-state index contributed by atoms with van der Waals surface area (Å²) in [7, 11) is 0. The quantitative estimate of drug-likeness (QED) is 0.520. The number of hydrogen-bond donors (Lipinski definition) is 1. The monoisotopic (exact) mass is 260 g/mol. The van der Waals surface area contributed by atoms with Crippen LogP contribution in [-0.4, -0.2) is 22.5 Å². The highest BCUT2D eigenvalue weighted by molar-refractivity contribution is 5.89. The Hall–Kier alpha value is -2.63. The predicted molar refractivity (Wildman–Crippen MR) is 68.8 cm³/mol.